The van der Waals surface area contributed by atoms with Crippen molar-refractivity contribution >= 4 is 27.5 Å². The van der Waals surface area contributed by atoms with Crippen LogP contribution in [0.15, 0.2) is 53.4 Å². The smallest absolute Gasteiger partial charge is 0.264 e. The largest absolute Gasteiger partial charge is 0.350 e. The van der Waals surface area contributed by atoms with Crippen LogP contribution in [0.1, 0.15) is 28.8 Å². The van der Waals surface area contributed by atoms with Crippen molar-refractivity contribution in [3.8, 4) is 0 Å². The number of hydrogen-bond acceptors (Lipinski definition) is 4. The molecule has 8 heteroatoms. The Labute approximate surface area is 171 Å². The number of amides is 2. The molecule has 0 aliphatic carbocycles. The highest BCUT2D eigenvalue weighted by atomic mass is 32.2. The van der Waals surface area contributed by atoms with Crippen molar-refractivity contribution in [1.29, 1.82) is 0 Å². The molecule has 154 valence electrons. The van der Waals surface area contributed by atoms with Gasteiger partial charge in [0.1, 0.15) is 0 Å². The minimum absolute atomic E-state index is 0.0444. The molecule has 1 saturated heterocycles. The SMILES string of the molecule is Cc1ccc(N(C)S(=O)(=O)c2cccc(C(=O)NCCN3CCCC3=O)c2)cc1. The van der Waals surface area contributed by atoms with Crippen LogP contribution in [0.5, 0.6) is 0 Å². The van der Waals surface area contributed by atoms with Gasteiger partial charge in [-0.05, 0) is 43.7 Å². The molecule has 1 N–H and O–H groups in total. The first-order valence-electron chi connectivity index (χ1n) is 9.51. The van der Waals surface area contributed by atoms with Crippen molar-refractivity contribution in [3.63, 3.8) is 0 Å². The van der Waals surface area contributed by atoms with Crippen molar-refractivity contribution in [3.05, 3.63) is 59.7 Å². The molecule has 0 aromatic heterocycles. The number of anilines is 1. The maximum Gasteiger partial charge on any atom is 0.264 e. The quantitative estimate of drug-likeness (QED) is 0.751. The number of hydrogen-bond donors (Lipinski definition) is 1. The van der Waals surface area contributed by atoms with Crippen LogP contribution in [-0.4, -0.2) is 51.8 Å². The van der Waals surface area contributed by atoms with E-state index in [1.165, 1.54) is 23.5 Å². The molecule has 2 aromatic carbocycles. The number of likely N-dealkylation sites (tertiary alicyclic amines) is 1. The summed E-state index contributed by atoms with van der Waals surface area (Å²) in [5.74, 6) is -0.266. The normalized spacial score (nSPS) is 14.1. The van der Waals surface area contributed by atoms with Gasteiger partial charge >= 0.3 is 0 Å². The van der Waals surface area contributed by atoms with Gasteiger partial charge in [-0.3, -0.25) is 13.9 Å². The lowest BCUT2D eigenvalue weighted by molar-refractivity contribution is -0.127. The van der Waals surface area contributed by atoms with Crippen molar-refractivity contribution in [2.24, 2.45) is 0 Å². The lowest BCUT2D eigenvalue weighted by Crippen LogP contribution is -2.35. The molecule has 2 amide bonds. The third kappa shape index (κ3) is 4.76. The number of sulfonamides is 1. The second-order valence-corrected chi connectivity index (χ2v) is 9.05. The number of carbonyl (C=O) groups excluding carboxylic acids is 2. The minimum atomic E-state index is -3.80. The van der Waals surface area contributed by atoms with Crippen LogP contribution in [0, 0.1) is 6.92 Å². The zero-order chi connectivity index (χ0) is 21.0. The number of aryl methyl sites for hydroxylation is 1. The van der Waals surface area contributed by atoms with Gasteiger partial charge < -0.3 is 10.2 Å². The summed E-state index contributed by atoms with van der Waals surface area (Å²) in [5, 5.41) is 2.75. The Morgan fingerprint density at radius 2 is 1.90 bits per heavy atom. The second kappa shape index (κ2) is 8.65. The van der Waals surface area contributed by atoms with Gasteiger partial charge in [-0.25, -0.2) is 8.42 Å². The van der Waals surface area contributed by atoms with E-state index < -0.39 is 10.0 Å². The molecule has 1 heterocycles. The molecule has 1 fully saturated rings. The molecule has 1 aliphatic rings. The Kier molecular flexibility index (Phi) is 6.22. The summed E-state index contributed by atoms with van der Waals surface area (Å²) in [6, 6.07) is 13.1. The highest BCUT2D eigenvalue weighted by Gasteiger charge is 2.23. The van der Waals surface area contributed by atoms with Crippen molar-refractivity contribution in [1.82, 2.24) is 10.2 Å². The third-order valence-corrected chi connectivity index (χ3v) is 6.77. The minimum Gasteiger partial charge on any atom is -0.350 e. The Hall–Kier alpha value is -2.87. The highest BCUT2D eigenvalue weighted by molar-refractivity contribution is 7.92. The fourth-order valence-corrected chi connectivity index (χ4v) is 4.44. The number of benzene rings is 2. The molecule has 0 saturated carbocycles. The summed E-state index contributed by atoms with van der Waals surface area (Å²) < 4.78 is 27.1. The first-order valence-corrected chi connectivity index (χ1v) is 10.9. The van der Waals surface area contributed by atoms with E-state index in [9.17, 15) is 18.0 Å². The van der Waals surface area contributed by atoms with Gasteiger partial charge in [0, 0.05) is 38.7 Å². The maximum atomic E-state index is 13.0. The average Bonchev–Trinajstić information content (AvgIpc) is 3.13. The van der Waals surface area contributed by atoms with Gasteiger partial charge in [0.15, 0.2) is 0 Å². The van der Waals surface area contributed by atoms with Crippen molar-refractivity contribution in [2.45, 2.75) is 24.7 Å². The standard InChI is InChI=1S/C21H25N3O4S/c1-16-8-10-18(11-9-16)23(2)29(27,28)19-6-3-5-17(15-19)21(26)22-12-14-24-13-4-7-20(24)25/h3,5-6,8-11,15H,4,7,12-14H2,1-2H3,(H,22,26). The first-order chi connectivity index (χ1) is 13.8. The van der Waals surface area contributed by atoms with Crippen LogP contribution in [-0.2, 0) is 14.8 Å². The van der Waals surface area contributed by atoms with E-state index in [0.717, 1.165) is 12.0 Å². The van der Waals surface area contributed by atoms with Gasteiger partial charge in [0.05, 0.1) is 10.6 Å². The Morgan fingerprint density at radius 1 is 1.17 bits per heavy atom. The Bertz CT molecular complexity index is 1000. The molecule has 2 aromatic rings. The van der Waals surface area contributed by atoms with Gasteiger partial charge in [0.2, 0.25) is 5.91 Å². The number of nitrogens with zero attached hydrogens (tertiary/aromatic N) is 2. The third-order valence-electron chi connectivity index (χ3n) is 4.99. The summed E-state index contributed by atoms with van der Waals surface area (Å²) in [5.41, 5.74) is 1.84. The topological polar surface area (TPSA) is 86.8 Å². The van der Waals surface area contributed by atoms with E-state index >= 15 is 0 Å². The number of carbonyl (C=O) groups is 2. The van der Waals surface area contributed by atoms with Crippen LogP contribution in [0.4, 0.5) is 5.69 Å². The molecule has 29 heavy (non-hydrogen) atoms. The second-order valence-electron chi connectivity index (χ2n) is 7.08. The molecule has 0 spiro atoms. The number of rotatable bonds is 7. The predicted octanol–water partition coefficient (Wildman–Crippen LogP) is 2.17. The van der Waals surface area contributed by atoms with Crippen LogP contribution >= 0.6 is 0 Å². The van der Waals surface area contributed by atoms with E-state index in [1.54, 1.807) is 29.2 Å². The van der Waals surface area contributed by atoms with Gasteiger partial charge in [0.25, 0.3) is 15.9 Å². The van der Waals surface area contributed by atoms with Gasteiger partial charge in [-0.2, -0.15) is 0 Å². The van der Waals surface area contributed by atoms with E-state index in [2.05, 4.69) is 5.32 Å². The van der Waals surface area contributed by atoms with E-state index in [4.69, 9.17) is 0 Å². The molecule has 1 aliphatic heterocycles. The zero-order valence-corrected chi connectivity index (χ0v) is 17.4. The van der Waals surface area contributed by atoms with Gasteiger partial charge in [-0.1, -0.05) is 23.8 Å². The van der Waals surface area contributed by atoms with E-state index in [-0.39, 0.29) is 22.3 Å². The van der Waals surface area contributed by atoms with Gasteiger partial charge in [-0.15, -0.1) is 0 Å². The van der Waals surface area contributed by atoms with Crippen LogP contribution < -0.4 is 9.62 Å². The highest BCUT2D eigenvalue weighted by Crippen LogP contribution is 2.23. The fraction of sp³-hybridized carbons (Fsp3) is 0.333. The van der Waals surface area contributed by atoms with Crippen LogP contribution in [0.3, 0.4) is 0 Å². The van der Waals surface area contributed by atoms with Crippen LogP contribution in [0.25, 0.3) is 0 Å². The molecular formula is C21H25N3O4S. The number of nitrogens with one attached hydrogen (secondary N) is 1. The average molecular weight is 416 g/mol. The first kappa shape index (κ1) is 20.9. The Balaban J connectivity index is 1.69. The fourth-order valence-electron chi connectivity index (χ4n) is 3.20. The van der Waals surface area contributed by atoms with Crippen LogP contribution in [0.2, 0.25) is 0 Å². The summed E-state index contributed by atoms with van der Waals surface area (Å²) >= 11 is 0. The summed E-state index contributed by atoms with van der Waals surface area (Å²) in [6.07, 6.45) is 1.41. The lowest BCUT2D eigenvalue weighted by Gasteiger charge is -2.20. The molecule has 0 radical (unpaired) electrons. The summed E-state index contributed by atoms with van der Waals surface area (Å²) in [7, 11) is -2.32. The molecule has 0 atom stereocenters. The predicted molar refractivity (Wildman–Crippen MR) is 111 cm³/mol. The Morgan fingerprint density at radius 3 is 2.55 bits per heavy atom. The molecule has 7 nitrogen and oxygen atoms in total. The molecular weight excluding hydrogens is 390 g/mol. The zero-order valence-electron chi connectivity index (χ0n) is 16.6. The summed E-state index contributed by atoms with van der Waals surface area (Å²) in [6.45, 7) is 3.43. The van der Waals surface area contributed by atoms with E-state index in [0.29, 0.717) is 31.7 Å². The lowest BCUT2D eigenvalue weighted by atomic mass is 10.2. The molecule has 3 rings (SSSR count). The molecule has 0 bridgehead atoms. The van der Waals surface area contributed by atoms with E-state index in [1.807, 2.05) is 19.1 Å². The van der Waals surface area contributed by atoms with Crippen molar-refractivity contribution < 1.29 is 18.0 Å². The molecule has 0 unspecified atom stereocenters. The summed E-state index contributed by atoms with van der Waals surface area (Å²) in [4.78, 5) is 25.8. The monoisotopic (exact) mass is 415 g/mol. The van der Waals surface area contributed by atoms with Crippen molar-refractivity contribution in [2.75, 3.05) is 31.0 Å². The maximum absolute atomic E-state index is 13.0.